The molecule has 2 atom stereocenters. The van der Waals surface area contributed by atoms with Crippen LogP contribution in [0.25, 0.3) is 0 Å². The van der Waals surface area contributed by atoms with Crippen molar-refractivity contribution in [1.29, 1.82) is 0 Å². The molecule has 0 bridgehead atoms. The fourth-order valence-electron chi connectivity index (χ4n) is 2.96. The van der Waals surface area contributed by atoms with Crippen molar-refractivity contribution < 1.29 is 4.79 Å². The van der Waals surface area contributed by atoms with E-state index in [4.69, 9.17) is 0 Å². The van der Waals surface area contributed by atoms with Gasteiger partial charge in [0.05, 0.1) is 6.04 Å². The van der Waals surface area contributed by atoms with Crippen molar-refractivity contribution >= 4 is 11.6 Å². The predicted molar refractivity (Wildman–Crippen MR) is 88.5 cm³/mol. The molecule has 0 aliphatic carbocycles. The first-order chi connectivity index (χ1) is 10.2. The molecular weight excluding hydrogens is 260 g/mol. The maximum absolute atomic E-state index is 12.3. The number of benzene rings is 1. The largest absolute Gasteiger partial charge is 0.324 e. The maximum atomic E-state index is 12.3. The van der Waals surface area contributed by atoms with Crippen molar-refractivity contribution in [2.75, 3.05) is 11.9 Å². The van der Waals surface area contributed by atoms with E-state index < -0.39 is 0 Å². The second-order valence-corrected chi connectivity index (χ2v) is 6.06. The molecule has 3 nitrogen and oxygen atoms in total. The molecule has 0 saturated carbocycles. The summed E-state index contributed by atoms with van der Waals surface area (Å²) in [6.07, 6.45) is 6.81. The lowest BCUT2D eigenvalue weighted by Gasteiger charge is -2.20. The first-order valence-corrected chi connectivity index (χ1v) is 8.36. The highest BCUT2D eigenvalue weighted by Gasteiger charge is 2.23. The fourth-order valence-corrected chi connectivity index (χ4v) is 2.96. The molecule has 0 aromatic heterocycles. The van der Waals surface area contributed by atoms with Gasteiger partial charge >= 0.3 is 0 Å². The van der Waals surface area contributed by atoms with Gasteiger partial charge in [-0.05, 0) is 43.4 Å². The molecule has 1 aliphatic rings. The number of para-hydroxylation sites is 1. The molecule has 0 spiro atoms. The van der Waals surface area contributed by atoms with Gasteiger partial charge in [-0.2, -0.15) is 0 Å². The third-order valence-corrected chi connectivity index (χ3v) is 4.49. The predicted octanol–water partition coefficient (Wildman–Crippen LogP) is 3.75. The molecule has 1 aliphatic heterocycles. The Labute approximate surface area is 128 Å². The first-order valence-electron chi connectivity index (χ1n) is 8.36. The summed E-state index contributed by atoms with van der Waals surface area (Å²) < 4.78 is 0. The molecule has 1 aromatic carbocycles. The van der Waals surface area contributed by atoms with Gasteiger partial charge in [0.1, 0.15) is 0 Å². The van der Waals surface area contributed by atoms with Crippen LogP contribution in [0.5, 0.6) is 0 Å². The van der Waals surface area contributed by atoms with E-state index in [2.05, 4.69) is 30.5 Å². The third kappa shape index (κ3) is 4.57. The molecule has 3 heteroatoms. The molecule has 1 heterocycles. The monoisotopic (exact) mass is 288 g/mol. The van der Waals surface area contributed by atoms with Gasteiger partial charge in [0, 0.05) is 5.69 Å². The fraction of sp³-hybridized carbons (Fsp3) is 0.611. The average molecular weight is 288 g/mol. The van der Waals surface area contributed by atoms with Gasteiger partial charge in [0.2, 0.25) is 5.91 Å². The second kappa shape index (κ2) is 8.18. The normalized spacial score (nSPS) is 19.5. The van der Waals surface area contributed by atoms with E-state index in [0.29, 0.717) is 5.92 Å². The van der Waals surface area contributed by atoms with Crippen molar-refractivity contribution in [3.05, 3.63) is 29.8 Å². The van der Waals surface area contributed by atoms with E-state index in [1.165, 1.54) is 31.2 Å². The zero-order chi connectivity index (χ0) is 15.1. The van der Waals surface area contributed by atoms with Gasteiger partial charge in [-0.3, -0.25) is 4.79 Å². The van der Waals surface area contributed by atoms with Gasteiger partial charge in [-0.15, -0.1) is 0 Å². The summed E-state index contributed by atoms with van der Waals surface area (Å²) in [6.45, 7) is 5.42. The van der Waals surface area contributed by atoms with Crippen molar-refractivity contribution in [2.45, 2.75) is 58.4 Å². The Hall–Kier alpha value is -1.35. The summed E-state index contributed by atoms with van der Waals surface area (Å²) in [5, 5.41) is 6.55. The van der Waals surface area contributed by atoms with Crippen molar-refractivity contribution in [3.8, 4) is 0 Å². The highest BCUT2D eigenvalue weighted by atomic mass is 16.2. The molecule has 2 unspecified atom stereocenters. The molecule has 21 heavy (non-hydrogen) atoms. The van der Waals surface area contributed by atoms with Crippen LogP contribution >= 0.6 is 0 Å². The molecule has 1 aromatic rings. The van der Waals surface area contributed by atoms with E-state index in [1.54, 1.807) is 0 Å². The van der Waals surface area contributed by atoms with E-state index >= 15 is 0 Å². The number of amides is 1. The van der Waals surface area contributed by atoms with Crippen LogP contribution in [0.4, 0.5) is 5.69 Å². The minimum absolute atomic E-state index is 0.0620. The zero-order valence-electron chi connectivity index (χ0n) is 13.3. The molecule has 1 amide bonds. The highest BCUT2D eigenvalue weighted by molar-refractivity contribution is 5.96. The van der Waals surface area contributed by atoms with Gasteiger partial charge in [0.15, 0.2) is 0 Å². The number of nitrogens with one attached hydrogen (secondary N) is 2. The Kier molecular flexibility index (Phi) is 6.24. The number of unbranched alkanes of at least 4 members (excludes halogenated alkanes) is 1. The molecular formula is C18H28N2O. The van der Waals surface area contributed by atoms with Gasteiger partial charge in [-0.1, -0.05) is 51.3 Å². The number of rotatable bonds is 7. The van der Waals surface area contributed by atoms with Crippen LogP contribution in [0, 0.1) is 5.92 Å². The van der Waals surface area contributed by atoms with Crippen LogP contribution in [0.1, 0.15) is 51.5 Å². The minimum Gasteiger partial charge on any atom is -0.324 e. The van der Waals surface area contributed by atoms with Crippen LogP contribution in [0.15, 0.2) is 24.3 Å². The number of carbonyl (C=O) groups excluding carboxylic acids is 1. The molecule has 0 radical (unpaired) electrons. The Morgan fingerprint density at radius 3 is 2.90 bits per heavy atom. The highest BCUT2D eigenvalue weighted by Crippen LogP contribution is 2.22. The van der Waals surface area contributed by atoms with E-state index in [1.807, 2.05) is 18.2 Å². The van der Waals surface area contributed by atoms with Gasteiger partial charge < -0.3 is 10.6 Å². The Morgan fingerprint density at radius 1 is 1.33 bits per heavy atom. The van der Waals surface area contributed by atoms with Crippen molar-refractivity contribution in [1.82, 2.24) is 5.32 Å². The second-order valence-electron chi connectivity index (χ2n) is 6.06. The number of carbonyl (C=O) groups is 1. The number of hydrogen-bond donors (Lipinski definition) is 2. The first kappa shape index (κ1) is 16.0. The topological polar surface area (TPSA) is 41.1 Å². The van der Waals surface area contributed by atoms with Crippen LogP contribution in [-0.4, -0.2) is 18.5 Å². The maximum Gasteiger partial charge on any atom is 0.241 e. The number of aryl methyl sites for hydroxylation is 1. The van der Waals surface area contributed by atoms with E-state index in [9.17, 15) is 4.79 Å². The Bertz CT molecular complexity index is 458. The van der Waals surface area contributed by atoms with Gasteiger partial charge in [0.25, 0.3) is 0 Å². The molecule has 116 valence electrons. The van der Waals surface area contributed by atoms with Gasteiger partial charge in [-0.25, -0.2) is 0 Å². The van der Waals surface area contributed by atoms with E-state index in [0.717, 1.165) is 25.1 Å². The average Bonchev–Trinajstić information content (AvgIpc) is 2.66. The van der Waals surface area contributed by atoms with E-state index in [-0.39, 0.29) is 11.9 Å². The molecule has 2 N–H and O–H groups in total. The number of hydrogen-bond acceptors (Lipinski definition) is 2. The summed E-state index contributed by atoms with van der Waals surface area (Å²) in [5.41, 5.74) is 2.22. The Balaban J connectivity index is 1.89. The summed E-state index contributed by atoms with van der Waals surface area (Å²) in [5.74, 6) is 0.800. The lowest BCUT2D eigenvalue weighted by atomic mass is 9.98. The quantitative estimate of drug-likeness (QED) is 0.802. The van der Waals surface area contributed by atoms with Crippen molar-refractivity contribution in [3.63, 3.8) is 0 Å². The summed E-state index contributed by atoms with van der Waals surface area (Å²) >= 11 is 0. The van der Waals surface area contributed by atoms with Crippen LogP contribution < -0.4 is 10.6 Å². The summed E-state index contributed by atoms with van der Waals surface area (Å²) in [6, 6.07) is 8.05. The molecule has 2 rings (SSSR count). The van der Waals surface area contributed by atoms with Crippen LogP contribution in [-0.2, 0) is 11.2 Å². The van der Waals surface area contributed by atoms with Crippen molar-refractivity contribution in [2.24, 2.45) is 5.92 Å². The smallest absolute Gasteiger partial charge is 0.241 e. The lowest BCUT2D eigenvalue weighted by molar-refractivity contribution is -0.118. The van der Waals surface area contributed by atoms with Crippen LogP contribution in [0.3, 0.4) is 0 Å². The summed E-state index contributed by atoms with van der Waals surface area (Å²) in [4.78, 5) is 12.3. The number of anilines is 1. The Morgan fingerprint density at radius 2 is 2.14 bits per heavy atom. The minimum atomic E-state index is -0.0620. The van der Waals surface area contributed by atoms with Crippen LogP contribution in [0.2, 0.25) is 0 Å². The standard InChI is InChI=1S/C18H28N2O/c1-3-5-8-14(4-2)13-19-17-12-11-15-9-6-7-10-16(15)20-18(17)21/h6-7,9-10,14,17,19H,3-5,8,11-13H2,1-2H3,(H,20,21). The third-order valence-electron chi connectivity index (χ3n) is 4.49. The number of fused-ring (bicyclic) bond motifs is 1. The molecule has 0 fully saturated rings. The lowest BCUT2D eigenvalue weighted by Crippen LogP contribution is -2.42. The SMILES string of the molecule is CCCCC(CC)CNC1CCc2ccccc2NC1=O. The summed E-state index contributed by atoms with van der Waals surface area (Å²) in [7, 11) is 0. The molecule has 0 saturated heterocycles. The zero-order valence-corrected chi connectivity index (χ0v) is 13.3.